The first-order valence-electron chi connectivity index (χ1n) is 12.2. The molecule has 11 heteroatoms. The van der Waals surface area contributed by atoms with E-state index >= 15 is 0 Å². The highest BCUT2D eigenvalue weighted by atomic mass is 127. The van der Waals surface area contributed by atoms with Crippen molar-refractivity contribution in [3.8, 4) is 6.07 Å². The number of hydrogen-bond donors (Lipinski definition) is 2. The monoisotopic (exact) mass is 662 g/mol. The minimum atomic E-state index is -1.31. The van der Waals surface area contributed by atoms with Gasteiger partial charge in [-0.25, -0.2) is 4.98 Å². The molecule has 0 unspecified atom stereocenters. The Morgan fingerprint density at radius 2 is 1.92 bits per heavy atom. The number of nitriles is 1. The van der Waals surface area contributed by atoms with E-state index in [0.29, 0.717) is 47.5 Å². The van der Waals surface area contributed by atoms with Gasteiger partial charge in [-0.05, 0) is 71.3 Å². The third-order valence-electron chi connectivity index (χ3n) is 6.73. The molecule has 5 rings (SSSR count). The molecule has 2 fully saturated rings. The van der Waals surface area contributed by atoms with Gasteiger partial charge in [-0.3, -0.25) is 14.7 Å². The lowest BCUT2D eigenvalue weighted by molar-refractivity contribution is 0.0821. The lowest BCUT2D eigenvalue weighted by atomic mass is 10.0. The Morgan fingerprint density at radius 3 is 2.55 bits per heavy atom. The Labute approximate surface area is 244 Å². The van der Waals surface area contributed by atoms with Crippen molar-refractivity contribution in [3.05, 3.63) is 87.4 Å². The Morgan fingerprint density at radius 1 is 1.16 bits per heavy atom. The van der Waals surface area contributed by atoms with E-state index in [4.69, 9.17) is 23.2 Å². The number of carbonyl (C=O) groups is 1. The smallest absolute Gasteiger partial charge is 0.271 e. The number of carbonyl (C=O) groups excluding carboxylic acids is 1. The summed E-state index contributed by atoms with van der Waals surface area (Å²) in [6.45, 7) is 2.24. The zero-order chi connectivity index (χ0) is 26.9. The molecule has 1 saturated heterocycles. The van der Waals surface area contributed by atoms with Crippen molar-refractivity contribution in [1.29, 1.82) is 5.26 Å². The van der Waals surface area contributed by atoms with Crippen molar-refractivity contribution in [2.75, 3.05) is 31.1 Å². The number of aliphatic hydroxyl groups is 1. The predicted molar refractivity (Wildman–Crippen MR) is 155 cm³/mol. The van der Waals surface area contributed by atoms with Crippen LogP contribution in [0, 0.1) is 11.3 Å². The Bertz CT molecular complexity index is 1360. The topological polar surface area (TPSA) is 105 Å². The first-order chi connectivity index (χ1) is 18.2. The Balaban J connectivity index is 1.34. The van der Waals surface area contributed by atoms with Gasteiger partial charge in [-0.15, -0.1) is 0 Å². The second-order valence-electron chi connectivity index (χ2n) is 9.57. The number of nitrogens with zero attached hydrogens (tertiary/aromatic N) is 5. The zero-order valence-electron chi connectivity index (χ0n) is 20.3. The number of aromatic nitrogens is 2. The summed E-state index contributed by atoms with van der Waals surface area (Å²) in [6.07, 6.45) is 4.87. The summed E-state index contributed by atoms with van der Waals surface area (Å²) in [7, 11) is 0. The number of piperazine rings is 1. The first kappa shape index (κ1) is 27.1. The summed E-state index contributed by atoms with van der Waals surface area (Å²) in [5.74, 6) is -0.244. The molecule has 2 atom stereocenters. The van der Waals surface area contributed by atoms with Crippen LogP contribution in [0.4, 0.5) is 5.69 Å². The second kappa shape index (κ2) is 11.3. The number of benzene rings is 2. The van der Waals surface area contributed by atoms with E-state index in [0.717, 1.165) is 24.1 Å². The van der Waals surface area contributed by atoms with Gasteiger partial charge in [-0.1, -0.05) is 35.3 Å². The fourth-order valence-corrected chi connectivity index (χ4v) is 5.73. The summed E-state index contributed by atoms with van der Waals surface area (Å²) in [5.41, 5.74) is 3.04. The summed E-state index contributed by atoms with van der Waals surface area (Å²) < 4.78 is -1.31. The van der Waals surface area contributed by atoms with Gasteiger partial charge in [0.2, 0.25) is 0 Å². The fraction of sp³-hybridized carbons (Fsp3) is 0.333. The van der Waals surface area contributed by atoms with Crippen LogP contribution in [-0.4, -0.2) is 58.1 Å². The summed E-state index contributed by atoms with van der Waals surface area (Å²) in [5, 5.41) is 24.7. The van der Waals surface area contributed by atoms with Crippen molar-refractivity contribution >= 4 is 57.4 Å². The van der Waals surface area contributed by atoms with Crippen molar-refractivity contribution in [2.45, 2.75) is 28.5 Å². The van der Waals surface area contributed by atoms with E-state index in [1.807, 2.05) is 52.9 Å². The van der Waals surface area contributed by atoms with Crippen LogP contribution in [0.1, 0.15) is 46.2 Å². The maximum atomic E-state index is 12.2. The largest absolute Gasteiger partial charge is 0.373 e. The summed E-state index contributed by atoms with van der Waals surface area (Å²) in [4.78, 5) is 25.3. The average molecular weight is 663 g/mol. The molecular formula is C27H25Cl2IN6O2. The fourth-order valence-electron chi connectivity index (χ4n) is 4.56. The van der Waals surface area contributed by atoms with Crippen LogP contribution in [0.15, 0.2) is 54.9 Å². The second-order valence-corrected chi connectivity index (χ2v) is 12.2. The van der Waals surface area contributed by atoms with Crippen LogP contribution in [-0.2, 0) is 3.61 Å². The van der Waals surface area contributed by atoms with Gasteiger partial charge < -0.3 is 15.3 Å². The number of hydrogen-bond acceptors (Lipinski definition) is 7. The Kier molecular flexibility index (Phi) is 8.07. The number of alkyl halides is 1. The van der Waals surface area contributed by atoms with Gasteiger partial charge in [0.1, 0.15) is 11.4 Å². The van der Waals surface area contributed by atoms with Crippen LogP contribution in [0.3, 0.4) is 0 Å². The maximum absolute atomic E-state index is 12.2. The number of rotatable bonds is 7. The normalized spacial score (nSPS) is 19.4. The van der Waals surface area contributed by atoms with E-state index in [1.165, 1.54) is 12.4 Å². The highest BCUT2D eigenvalue weighted by molar-refractivity contribution is 14.1. The molecule has 1 aromatic heterocycles. The van der Waals surface area contributed by atoms with Crippen molar-refractivity contribution in [1.82, 2.24) is 20.2 Å². The van der Waals surface area contributed by atoms with Gasteiger partial charge in [-0.2, -0.15) is 5.26 Å². The van der Waals surface area contributed by atoms with Gasteiger partial charge >= 0.3 is 0 Å². The molecule has 3 aromatic rings. The van der Waals surface area contributed by atoms with Crippen molar-refractivity contribution in [3.63, 3.8) is 0 Å². The summed E-state index contributed by atoms with van der Waals surface area (Å²) >= 11 is 14.7. The first-order valence-corrected chi connectivity index (χ1v) is 14.1. The quantitative estimate of drug-likeness (QED) is 0.279. The minimum absolute atomic E-state index is 0.0711. The standard InChI is InChI=1S/C27H25Cl2IN6O2/c28-19-4-2-18(3-5-19)24-15-35(9-10-36(24)23-8-1-17(12-31)11-21(23)29)16-27(30,38)25-14-32-22(13-33-25)26(37)34-20-6-7-20/h1-5,8,11,13-14,20,24,38H,6-7,9-10,15-16H2,(H,34,37)/t24-,27+/m0/s1. The van der Waals surface area contributed by atoms with E-state index < -0.39 is 3.61 Å². The van der Waals surface area contributed by atoms with Gasteiger partial charge in [0, 0.05) is 37.2 Å². The number of anilines is 1. The lowest BCUT2D eigenvalue weighted by Gasteiger charge is -2.44. The van der Waals surface area contributed by atoms with Crippen LogP contribution < -0.4 is 10.2 Å². The van der Waals surface area contributed by atoms with E-state index in [9.17, 15) is 15.2 Å². The van der Waals surface area contributed by atoms with Crippen LogP contribution >= 0.6 is 45.8 Å². The molecule has 38 heavy (non-hydrogen) atoms. The van der Waals surface area contributed by atoms with E-state index in [-0.39, 0.29) is 23.7 Å². The molecule has 1 saturated carbocycles. The molecule has 2 N–H and O–H groups in total. The predicted octanol–water partition coefficient (Wildman–Crippen LogP) is 4.69. The highest BCUT2D eigenvalue weighted by Gasteiger charge is 2.36. The molecule has 0 radical (unpaired) electrons. The molecule has 1 aliphatic heterocycles. The molecule has 1 amide bonds. The number of halogens is 3. The van der Waals surface area contributed by atoms with Crippen molar-refractivity contribution in [2.24, 2.45) is 0 Å². The molecule has 0 bridgehead atoms. The average Bonchev–Trinajstić information content (AvgIpc) is 3.73. The zero-order valence-corrected chi connectivity index (χ0v) is 24.0. The maximum Gasteiger partial charge on any atom is 0.271 e. The molecule has 2 aromatic carbocycles. The molecule has 8 nitrogen and oxygen atoms in total. The molecule has 1 aliphatic carbocycles. The molecular weight excluding hydrogens is 638 g/mol. The number of nitrogens with one attached hydrogen (secondary N) is 1. The SMILES string of the molecule is N#Cc1ccc(N2CCN(C[C@](O)(I)c3cnc(C(=O)NC4CC4)cn3)C[C@H]2c2ccc(Cl)cc2)c(Cl)c1. The van der Waals surface area contributed by atoms with Crippen molar-refractivity contribution < 1.29 is 9.90 Å². The van der Waals surface area contributed by atoms with Gasteiger partial charge in [0.25, 0.3) is 5.91 Å². The molecule has 0 spiro atoms. The van der Waals surface area contributed by atoms with E-state index in [1.54, 1.807) is 12.1 Å². The summed E-state index contributed by atoms with van der Waals surface area (Å²) in [6, 6.07) is 15.3. The molecule has 2 aliphatic rings. The van der Waals surface area contributed by atoms with Crippen LogP contribution in [0.25, 0.3) is 0 Å². The third kappa shape index (κ3) is 6.21. The number of amides is 1. The van der Waals surface area contributed by atoms with Gasteiger partial charge in [0.15, 0.2) is 3.61 Å². The molecule has 2 heterocycles. The molecule has 196 valence electrons. The Hall–Kier alpha value is -2.49. The minimum Gasteiger partial charge on any atom is -0.373 e. The van der Waals surface area contributed by atoms with Gasteiger partial charge in [0.05, 0.1) is 40.8 Å². The number of β-amino-alcohol motifs (C(OH)–C–C–N with tert-alkyl or cyclic N) is 1. The van der Waals surface area contributed by atoms with Crippen LogP contribution in [0.5, 0.6) is 0 Å². The van der Waals surface area contributed by atoms with E-state index in [2.05, 4.69) is 31.2 Å². The lowest BCUT2D eigenvalue weighted by Crippen LogP contribution is -2.51. The highest BCUT2D eigenvalue weighted by Crippen LogP contribution is 2.37. The van der Waals surface area contributed by atoms with Crippen LogP contribution in [0.2, 0.25) is 10.0 Å². The third-order valence-corrected chi connectivity index (χ3v) is 8.18.